The quantitative estimate of drug-likeness (QED) is 0.165. The van der Waals surface area contributed by atoms with E-state index in [2.05, 4.69) is 9.47 Å². The van der Waals surface area contributed by atoms with E-state index < -0.39 is 46.6 Å². The first-order chi connectivity index (χ1) is 18.1. The molecule has 14 heteroatoms. The molecule has 10 nitrogen and oxygen atoms in total. The number of rotatable bonds is 13. The van der Waals surface area contributed by atoms with Crippen molar-refractivity contribution in [1.82, 2.24) is 14.7 Å². The summed E-state index contributed by atoms with van der Waals surface area (Å²) in [6.45, 7) is 5.30. The molecule has 0 aliphatic heterocycles. The summed E-state index contributed by atoms with van der Waals surface area (Å²) >= 11 is 0. The number of methoxy groups -OCH3 is 1. The number of likely N-dealkylation sites (N-methyl/N-ethyl adjacent to an activating group) is 1. The van der Waals surface area contributed by atoms with Crippen molar-refractivity contribution in [3.63, 3.8) is 0 Å². The summed E-state index contributed by atoms with van der Waals surface area (Å²) in [6, 6.07) is 6.22. The Hall–Kier alpha value is -3.04. The summed E-state index contributed by atoms with van der Waals surface area (Å²) in [7, 11) is 2.98. The van der Waals surface area contributed by atoms with Crippen LogP contribution >= 0.6 is 0 Å². The molecule has 0 bridgehead atoms. The van der Waals surface area contributed by atoms with E-state index >= 15 is 0 Å². The molecule has 2 N–H and O–H groups in total. The molecule has 0 aromatic heterocycles. The first-order valence-corrected chi connectivity index (χ1v) is 12.4. The summed E-state index contributed by atoms with van der Waals surface area (Å²) in [5, 5.41) is 8.70. The van der Waals surface area contributed by atoms with Crippen molar-refractivity contribution in [2.45, 2.75) is 18.7 Å². The van der Waals surface area contributed by atoms with Gasteiger partial charge in [0.25, 0.3) is 12.4 Å². The lowest BCUT2D eigenvalue weighted by Gasteiger charge is -2.22. The topological polar surface area (TPSA) is 118 Å². The highest BCUT2D eigenvalue weighted by Crippen LogP contribution is 2.30. The molecule has 1 atom stereocenters. The van der Waals surface area contributed by atoms with Crippen LogP contribution in [0.3, 0.4) is 0 Å². The fraction of sp³-hybridized carbons (Fsp3) is 0.417. The SMILES string of the molecule is CC.CN(C)CCN(CC(=O)NO)S(=O)c1cc(F)c(Oc2ccc(F)cc2)c(F)c1.COCCOC=O. The van der Waals surface area contributed by atoms with E-state index in [-0.39, 0.29) is 17.2 Å². The summed E-state index contributed by atoms with van der Waals surface area (Å²) in [4.78, 5) is 22.4. The first-order valence-electron chi connectivity index (χ1n) is 11.3. The molecular formula is C24H34F3N3O7S. The molecule has 0 fully saturated rings. The van der Waals surface area contributed by atoms with Crippen LogP contribution in [0, 0.1) is 17.5 Å². The van der Waals surface area contributed by atoms with Crippen molar-refractivity contribution >= 4 is 23.4 Å². The van der Waals surface area contributed by atoms with Gasteiger partial charge in [-0.3, -0.25) is 14.8 Å². The number of hydrogen-bond acceptors (Lipinski definition) is 8. The Morgan fingerprint density at radius 1 is 1.05 bits per heavy atom. The van der Waals surface area contributed by atoms with Gasteiger partial charge in [0.05, 0.1) is 18.0 Å². The van der Waals surface area contributed by atoms with E-state index in [1.165, 1.54) is 17.6 Å². The minimum absolute atomic E-state index is 0.0188. The minimum atomic E-state index is -2.09. The largest absolute Gasteiger partial charge is 0.465 e. The average Bonchev–Trinajstić information content (AvgIpc) is 2.90. The predicted molar refractivity (Wildman–Crippen MR) is 135 cm³/mol. The average molecular weight is 566 g/mol. The molecule has 0 heterocycles. The Kier molecular flexibility index (Phi) is 18.4. The zero-order valence-electron chi connectivity index (χ0n) is 21.9. The number of halogens is 3. The van der Waals surface area contributed by atoms with E-state index in [1.54, 1.807) is 26.1 Å². The van der Waals surface area contributed by atoms with Crippen molar-refractivity contribution in [1.29, 1.82) is 0 Å². The Labute approximate surface area is 222 Å². The Bertz CT molecular complexity index is 976. The molecule has 1 unspecified atom stereocenters. The van der Waals surface area contributed by atoms with Gasteiger partial charge in [-0.1, -0.05) is 13.8 Å². The normalized spacial score (nSPS) is 11.0. The maximum Gasteiger partial charge on any atom is 0.293 e. The van der Waals surface area contributed by atoms with Gasteiger partial charge in [-0.15, -0.1) is 0 Å². The lowest BCUT2D eigenvalue weighted by Crippen LogP contribution is -2.40. The number of carbonyl (C=O) groups excluding carboxylic acids is 2. The Morgan fingerprint density at radius 3 is 2.11 bits per heavy atom. The first kappa shape index (κ1) is 35.0. The smallest absolute Gasteiger partial charge is 0.293 e. The van der Waals surface area contributed by atoms with E-state index in [0.717, 1.165) is 28.6 Å². The summed E-state index contributed by atoms with van der Waals surface area (Å²) < 4.78 is 69.6. The lowest BCUT2D eigenvalue weighted by atomic mass is 10.3. The van der Waals surface area contributed by atoms with Gasteiger partial charge in [0.2, 0.25) is 0 Å². The van der Waals surface area contributed by atoms with Gasteiger partial charge in [0, 0.05) is 20.2 Å². The molecule has 2 aromatic carbocycles. The van der Waals surface area contributed by atoms with Crippen molar-refractivity contribution in [2.75, 3.05) is 54.1 Å². The van der Waals surface area contributed by atoms with Crippen molar-refractivity contribution in [2.24, 2.45) is 0 Å². The number of benzene rings is 2. The molecule has 0 radical (unpaired) electrons. The maximum atomic E-state index is 14.4. The third-order valence-corrected chi connectivity index (χ3v) is 5.58. The number of hydrogen-bond donors (Lipinski definition) is 2. The molecule has 38 heavy (non-hydrogen) atoms. The van der Waals surface area contributed by atoms with Crippen LogP contribution in [0.25, 0.3) is 0 Å². The number of amides is 1. The van der Waals surface area contributed by atoms with Crippen LogP contribution in [0.5, 0.6) is 11.5 Å². The van der Waals surface area contributed by atoms with Gasteiger partial charge in [-0.2, -0.15) is 0 Å². The third-order valence-electron chi connectivity index (χ3n) is 4.16. The number of ether oxygens (including phenoxy) is 3. The van der Waals surface area contributed by atoms with E-state index in [0.29, 0.717) is 26.2 Å². The second-order valence-electron chi connectivity index (χ2n) is 7.18. The summed E-state index contributed by atoms with van der Waals surface area (Å²) in [6.07, 6.45) is 0. The van der Waals surface area contributed by atoms with Crippen LogP contribution in [0.1, 0.15) is 13.8 Å². The van der Waals surface area contributed by atoms with Crippen LogP contribution in [-0.2, 0) is 30.0 Å². The van der Waals surface area contributed by atoms with Crippen molar-refractivity contribution in [3.05, 3.63) is 53.8 Å². The molecule has 2 rings (SSSR count). The highest BCUT2D eigenvalue weighted by atomic mass is 32.2. The van der Waals surface area contributed by atoms with E-state index in [4.69, 9.17) is 9.94 Å². The second kappa shape index (κ2) is 20.0. The Balaban J connectivity index is 0.00000132. The number of nitrogens with zero attached hydrogens (tertiary/aromatic N) is 2. The highest BCUT2D eigenvalue weighted by molar-refractivity contribution is 7.82. The molecule has 2 aromatic rings. The van der Waals surface area contributed by atoms with Crippen LogP contribution in [0.4, 0.5) is 13.2 Å². The number of hydroxylamine groups is 1. The van der Waals surface area contributed by atoms with Crippen LogP contribution in [-0.4, -0.2) is 85.1 Å². The van der Waals surface area contributed by atoms with Gasteiger partial charge in [0.15, 0.2) is 17.4 Å². The van der Waals surface area contributed by atoms with Crippen molar-refractivity contribution < 1.29 is 46.4 Å². The maximum absolute atomic E-state index is 14.4. The monoisotopic (exact) mass is 565 g/mol. The Morgan fingerprint density at radius 2 is 1.63 bits per heavy atom. The van der Waals surface area contributed by atoms with Gasteiger partial charge >= 0.3 is 0 Å². The molecule has 1 amide bonds. The number of nitrogens with one attached hydrogen (secondary N) is 1. The zero-order valence-corrected chi connectivity index (χ0v) is 22.7. The van der Waals surface area contributed by atoms with Gasteiger partial charge in [0.1, 0.15) is 29.2 Å². The van der Waals surface area contributed by atoms with E-state index in [9.17, 15) is 27.0 Å². The fourth-order valence-electron chi connectivity index (χ4n) is 2.41. The molecule has 0 spiro atoms. The molecule has 0 aliphatic carbocycles. The molecule has 0 saturated carbocycles. The van der Waals surface area contributed by atoms with Crippen molar-refractivity contribution in [3.8, 4) is 11.5 Å². The standard InChI is InChI=1S/C18H20F3N3O4S.C4H8O3.C2H6/c1-23(2)7-8-24(11-17(25)22-26)29(27)14-9-15(20)18(16(21)10-14)28-13-5-3-12(19)4-6-13;1-6-2-3-7-4-5;1-2/h3-6,9-10,26H,7-8,11H2,1-2H3,(H,22,25);4H,2-3H2,1H3;1-2H3. The fourth-order valence-corrected chi connectivity index (χ4v) is 3.60. The van der Waals surface area contributed by atoms with Gasteiger partial charge in [-0.25, -0.2) is 27.2 Å². The predicted octanol–water partition coefficient (Wildman–Crippen LogP) is 3.12. The zero-order chi connectivity index (χ0) is 29.1. The van der Waals surface area contributed by atoms with Gasteiger partial charge in [-0.05, 0) is 50.5 Å². The minimum Gasteiger partial charge on any atom is -0.465 e. The van der Waals surface area contributed by atoms with Crippen LogP contribution in [0.2, 0.25) is 0 Å². The molecule has 0 saturated heterocycles. The van der Waals surface area contributed by atoms with E-state index in [1.807, 2.05) is 13.8 Å². The van der Waals surface area contributed by atoms with Gasteiger partial charge < -0.3 is 19.1 Å². The van der Waals surface area contributed by atoms with Crippen LogP contribution < -0.4 is 10.2 Å². The summed E-state index contributed by atoms with van der Waals surface area (Å²) in [5.74, 6) is -4.30. The third kappa shape index (κ3) is 13.5. The molecule has 0 aliphatic rings. The lowest BCUT2D eigenvalue weighted by molar-refractivity contribution is -0.130. The highest BCUT2D eigenvalue weighted by Gasteiger charge is 2.22. The summed E-state index contributed by atoms with van der Waals surface area (Å²) in [5.41, 5.74) is 1.43. The van der Waals surface area contributed by atoms with Crippen LogP contribution in [0.15, 0.2) is 41.3 Å². The second-order valence-corrected chi connectivity index (χ2v) is 8.67. The molecular weight excluding hydrogens is 531 g/mol. The molecule has 214 valence electrons. The number of carbonyl (C=O) groups is 2.